The monoisotopic (exact) mass is 375 g/mol. The third-order valence-corrected chi connectivity index (χ3v) is 5.46. The topological polar surface area (TPSA) is 47.5 Å². The van der Waals surface area contributed by atoms with Gasteiger partial charge in [0.25, 0.3) is 0 Å². The second-order valence-corrected chi connectivity index (χ2v) is 7.64. The molecule has 132 valence electrons. The Balaban J connectivity index is 1.74. The summed E-state index contributed by atoms with van der Waals surface area (Å²) in [4.78, 5) is 11.5. The van der Waals surface area contributed by atoms with Crippen molar-refractivity contribution >= 4 is 22.7 Å². The van der Waals surface area contributed by atoms with Crippen molar-refractivity contribution < 1.29 is 9.47 Å². The van der Waals surface area contributed by atoms with E-state index in [4.69, 9.17) is 14.5 Å². The molecule has 0 unspecified atom stereocenters. The van der Waals surface area contributed by atoms with E-state index < -0.39 is 0 Å². The van der Waals surface area contributed by atoms with Crippen LogP contribution in [0.5, 0.6) is 11.5 Å². The van der Waals surface area contributed by atoms with Crippen molar-refractivity contribution in [1.29, 1.82) is 0 Å². The van der Waals surface area contributed by atoms with Gasteiger partial charge in [0.2, 0.25) is 0 Å². The molecule has 0 saturated carbocycles. The van der Waals surface area contributed by atoms with Crippen LogP contribution >= 0.6 is 22.7 Å². The number of hydrogen-bond acceptors (Lipinski definition) is 7. The molecule has 0 N–H and O–H groups in total. The van der Waals surface area contributed by atoms with E-state index in [1.54, 1.807) is 36.9 Å². The first-order valence-corrected chi connectivity index (χ1v) is 9.62. The Bertz CT molecular complexity index is 844. The highest BCUT2D eigenvalue weighted by Crippen LogP contribution is 2.39. The summed E-state index contributed by atoms with van der Waals surface area (Å²) in [6.07, 6.45) is 0. The Labute approximate surface area is 155 Å². The van der Waals surface area contributed by atoms with Crippen molar-refractivity contribution in [3.63, 3.8) is 0 Å². The molecule has 0 aliphatic carbocycles. The maximum Gasteiger partial charge on any atom is 0.170 e. The van der Waals surface area contributed by atoms with E-state index in [0.717, 1.165) is 45.8 Å². The van der Waals surface area contributed by atoms with Gasteiger partial charge in [-0.1, -0.05) is 6.07 Å². The van der Waals surface area contributed by atoms with Gasteiger partial charge in [-0.05, 0) is 26.1 Å². The Morgan fingerprint density at radius 1 is 1.00 bits per heavy atom. The van der Waals surface area contributed by atoms with Crippen LogP contribution < -0.4 is 9.47 Å². The molecule has 25 heavy (non-hydrogen) atoms. The fourth-order valence-corrected chi connectivity index (χ4v) is 4.09. The number of rotatable bonds is 7. The molecule has 0 atom stereocenters. The SMILES string of the molecule is COc1cccc(-c2nc(CN(C)Cc3csc(C)n3)cs2)c1OC. The predicted molar refractivity (Wildman–Crippen MR) is 103 cm³/mol. The molecular formula is C18H21N3O2S2. The van der Waals surface area contributed by atoms with E-state index in [1.807, 2.05) is 25.1 Å². The van der Waals surface area contributed by atoms with E-state index in [1.165, 1.54) is 0 Å². The molecule has 3 rings (SSSR count). The lowest BCUT2D eigenvalue weighted by Gasteiger charge is -2.13. The Hall–Kier alpha value is -1.96. The van der Waals surface area contributed by atoms with Gasteiger partial charge in [-0.2, -0.15) is 0 Å². The van der Waals surface area contributed by atoms with Crippen molar-refractivity contribution in [1.82, 2.24) is 14.9 Å². The van der Waals surface area contributed by atoms with Crippen molar-refractivity contribution in [3.05, 3.63) is 45.4 Å². The van der Waals surface area contributed by atoms with E-state index in [9.17, 15) is 0 Å². The molecule has 7 heteroatoms. The highest BCUT2D eigenvalue weighted by molar-refractivity contribution is 7.13. The van der Waals surface area contributed by atoms with E-state index >= 15 is 0 Å². The Morgan fingerprint density at radius 3 is 2.36 bits per heavy atom. The normalized spacial score (nSPS) is 11.1. The molecule has 0 aliphatic rings. The van der Waals surface area contributed by atoms with Crippen molar-refractivity contribution in [2.24, 2.45) is 0 Å². The number of hydrogen-bond donors (Lipinski definition) is 0. The molecule has 5 nitrogen and oxygen atoms in total. The summed E-state index contributed by atoms with van der Waals surface area (Å²) in [5.74, 6) is 1.44. The van der Waals surface area contributed by atoms with Crippen molar-refractivity contribution in [2.45, 2.75) is 20.0 Å². The number of para-hydroxylation sites is 1. The van der Waals surface area contributed by atoms with Crippen LogP contribution in [0.2, 0.25) is 0 Å². The van der Waals surface area contributed by atoms with Gasteiger partial charge < -0.3 is 9.47 Å². The van der Waals surface area contributed by atoms with Crippen LogP contribution in [0.15, 0.2) is 29.0 Å². The van der Waals surface area contributed by atoms with Crippen LogP contribution in [-0.2, 0) is 13.1 Å². The molecule has 0 bridgehead atoms. The number of aromatic nitrogens is 2. The number of methoxy groups -OCH3 is 2. The summed E-state index contributed by atoms with van der Waals surface area (Å²) < 4.78 is 10.9. The smallest absolute Gasteiger partial charge is 0.170 e. The number of ether oxygens (including phenoxy) is 2. The number of benzene rings is 1. The molecule has 0 radical (unpaired) electrons. The lowest BCUT2D eigenvalue weighted by atomic mass is 10.2. The zero-order chi connectivity index (χ0) is 17.8. The van der Waals surface area contributed by atoms with Gasteiger partial charge in [0, 0.05) is 23.8 Å². The molecule has 0 fully saturated rings. The molecule has 0 spiro atoms. The minimum Gasteiger partial charge on any atom is -0.493 e. The van der Waals surface area contributed by atoms with Gasteiger partial charge in [0.1, 0.15) is 5.01 Å². The number of aryl methyl sites for hydroxylation is 1. The first-order chi connectivity index (χ1) is 12.1. The fraction of sp³-hybridized carbons (Fsp3) is 0.333. The van der Waals surface area contributed by atoms with Gasteiger partial charge in [-0.3, -0.25) is 4.90 Å². The zero-order valence-electron chi connectivity index (χ0n) is 14.8. The van der Waals surface area contributed by atoms with E-state index in [-0.39, 0.29) is 0 Å². The van der Waals surface area contributed by atoms with Gasteiger partial charge in [-0.15, -0.1) is 22.7 Å². The second-order valence-electron chi connectivity index (χ2n) is 5.72. The molecule has 1 aromatic carbocycles. The van der Waals surface area contributed by atoms with Gasteiger partial charge in [-0.25, -0.2) is 9.97 Å². The fourth-order valence-electron chi connectivity index (χ4n) is 2.65. The maximum absolute atomic E-state index is 5.52. The molecular weight excluding hydrogens is 354 g/mol. The number of thiazole rings is 2. The van der Waals surface area contributed by atoms with Crippen LogP contribution in [0.25, 0.3) is 10.6 Å². The summed E-state index contributed by atoms with van der Waals surface area (Å²) in [5, 5.41) is 6.24. The predicted octanol–water partition coefficient (Wildman–Crippen LogP) is 4.22. The minimum absolute atomic E-state index is 0.716. The average Bonchev–Trinajstić information content (AvgIpc) is 3.23. The zero-order valence-corrected chi connectivity index (χ0v) is 16.4. The van der Waals surface area contributed by atoms with Crippen LogP contribution in [0.3, 0.4) is 0 Å². The first kappa shape index (κ1) is 17.8. The lowest BCUT2D eigenvalue weighted by Crippen LogP contribution is -2.17. The molecule has 0 amide bonds. The van der Waals surface area contributed by atoms with Crippen molar-refractivity contribution in [3.8, 4) is 22.1 Å². The summed E-state index contributed by atoms with van der Waals surface area (Å²) in [6.45, 7) is 3.63. The first-order valence-electron chi connectivity index (χ1n) is 7.86. The summed E-state index contributed by atoms with van der Waals surface area (Å²) in [6, 6.07) is 5.85. The van der Waals surface area contributed by atoms with E-state index in [0.29, 0.717) is 5.75 Å². The molecule has 3 aromatic rings. The highest BCUT2D eigenvalue weighted by atomic mass is 32.1. The molecule has 2 aromatic heterocycles. The maximum atomic E-state index is 5.52. The van der Waals surface area contributed by atoms with Crippen LogP contribution in [0.4, 0.5) is 0 Å². The van der Waals surface area contributed by atoms with Crippen molar-refractivity contribution in [2.75, 3.05) is 21.3 Å². The summed E-state index contributed by atoms with van der Waals surface area (Å²) in [7, 11) is 5.38. The standard InChI is InChI=1S/C18H21N3O2S2/c1-12-19-13(10-24-12)8-21(2)9-14-11-25-18(20-14)15-6-5-7-16(22-3)17(15)23-4/h5-7,10-11H,8-9H2,1-4H3. The van der Waals surface area contributed by atoms with Gasteiger partial charge >= 0.3 is 0 Å². The Kier molecular flexibility index (Phi) is 5.67. The minimum atomic E-state index is 0.716. The average molecular weight is 376 g/mol. The van der Waals surface area contributed by atoms with Crippen LogP contribution in [-0.4, -0.2) is 36.1 Å². The molecule has 0 aliphatic heterocycles. The summed E-state index contributed by atoms with van der Waals surface area (Å²) in [5.41, 5.74) is 3.10. The third-order valence-electron chi connectivity index (χ3n) is 3.72. The highest BCUT2D eigenvalue weighted by Gasteiger charge is 2.15. The van der Waals surface area contributed by atoms with Gasteiger partial charge in [0.05, 0.1) is 36.2 Å². The Morgan fingerprint density at radius 2 is 1.72 bits per heavy atom. The lowest BCUT2D eigenvalue weighted by molar-refractivity contribution is 0.312. The van der Waals surface area contributed by atoms with Crippen LogP contribution in [0, 0.1) is 6.92 Å². The molecule has 0 saturated heterocycles. The van der Waals surface area contributed by atoms with Gasteiger partial charge in [0.15, 0.2) is 11.5 Å². The van der Waals surface area contributed by atoms with E-state index in [2.05, 4.69) is 27.7 Å². The second kappa shape index (κ2) is 7.95. The largest absolute Gasteiger partial charge is 0.493 e. The third kappa shape index (κ3) is 4.18. The molecule has 2 heterocycles. The van der Waals surface area contributed by atoms with Crippen LogP contribution in [0.1, 0.15) is 16.4 Å². The quantitative estimate of drug-likeness (QED) is 0.619. The summed E-state index contributed by atoms with van der Waals surface area (Å²) >= 11 is 3.30. The number of nitrogens with zero attached hydrogens (tertiary/aromatic N) is 3.